The van der Waals surface area contributed by atoms with Gasteiger partial charge in [0.1, 0.15) is 10.0 Å². The van der Waals surface area contributed by atoms with Crippen molar-refractivity contribution in [3.05, 3.63) is 29.2 Å². The highest BCUT2D eigenvalue weighted by molar-refractivity contribution is 7.80. The number of aromatic nitrogens is 2. The molecule has 1 unspecified atom stereocenters. The number of anilines is 1. The van der Waals surface area contributed by atoms with Gasteiger partial charge in [0.15, 0.2) is 0 Å². The Bertz CT molecular complexity index is 625. The van der Waals surface area contributed by atoms with Crippen molar-refractivity contribution < 1.29 is 0 Å². The van der Waals surface area contributed by atoms with E-state index in [0.29, 0.717) is 10.9 Å². The van der Waals surface area contributed by atoms with E-state index in [1.807, 2.05) is 13.0 Å². The van der Waals surface area contributed by atoms with Crippen molar-refractivity contribution in [3.63, 3.8) is 0 Å². The second-order valence-electron chi connectivity index (χ2n) is 4.62. The summed E-state index contributed by atoms with van der Waals surface area (Å²) in [4.78, 5) is 9.50. The molecule has 6 heteroatoms. The summed E-state index contributed by atoms with van der Waals surface area (Å²) in [5.74, 6) is 0.364. The topological polar surface area (TPSA) is 37.8 Å². The fourth-order valence-electron chi connectivity index (χ4n) is 1.59. The monoisotopic (exact) mass is 325 g/mol. The van der Waals surface area contributed by atoms with Crippen LogP contribution in [0.15, 0.2) is 18.5 Å². The molecule has 2 aromatic heterocycles. The minimum atomic E-state index is 0.364. The summed E-state index contributed by atoms with van der Waals surface area (Å²) in [6.07, 6.45) is 4.40. The molecule has 3 nitrogen and oxygen atoms in total. The van der Waals surface area contributed by atoms with Crippen LogP contribution in [0.2, 0.25) is 5.02 Å². The molecule has 1 atom stereocenters. The molecular formula is C14H16ClN3S2. The highest BCUT2D eigenvalue weighted by atomic mass is 35.5. The number of halogens is 1. The zero-order valence-corrected chi connectivity index (χ0v) is 14.0. The molecule has 0 fully saturated rings. The van der Waals surface area contributed by atoms with Gasteiger partial charge in [-0.15, -0.1) is 0 Å². The summed E-state index contributed by atoms with van der Waals surface area (Å²) in [6.45, 7) is 6.22. The fourth-order valence-corrected chi connectivity index (χ4v) is 3.05. The molecule has 0 amide bonds. The first-order valence-corrected chi connectivity index (χ1v) is 8.00. The van der Waals surface area contributed by atoms with Crippen molar-refractivity contribution in [1.82, 2.24) is 9.97 Å². The molecule has 0 aliphatic rings. The number of thiocarbonyl (C=S) groups is 1. The minimum absolute atomic E-state index is 0.364. The van der Waals surface area contributed by atoms with Crippen LogP contribution in [-0.4, -0.2) is 15.0 Å². The van der Waals surface area contributed by atoms with Gasteiger partial charge in [-0.05, 0) is 19.4 Å². The number of pyridine rings is 1. The third-order valence-corrected chi connectivity index (χ3v) is 4.88. The van der Waals surface area contributed by atoms with E-state index in [4.69, 9.17) is 23.8 Å². The van der Waals surface area contributed by atoms with Gasteiger partial charge >= 0.3 is 0 Å². The molecule has 106 valence electrons. The van der Waals surface area contributed by atoms with E-state index < -0.39 is 0 Å². The van der Waals surface area contributed by atoms with Crippen molar-refractivity contribution in [2.75, 3.05) is 5.32 Å². The van der Waals surface area contributed by atoms with Crippen LogP contribution in [0.5, 0.6) is 0 Å². The fraction of sp³-hybridized carbons (Fsp3) is 0.357. The lowest BCUT2D eigenvalue weighted by Gasteiger charge is -2.11. The van der Waals surface area contributed by atoms with Crippen molar-refractivity contribution in [3.8, 4) is 10.6 Å². The van der Waals surface area contributed by atoms with Crippen molar-refractivity contribution in [2.24, 2.45) is 5.92 Å². The van der Waals surface area contributed by atoms with Crippen LogP contribution in [0.3, 0.4) is 0 Å². The summed E-state index contributed by atoms with van der Waals surface area (Å²) in [5.41, 5.74) is 1.86. The molecule has 20 heavy (non-hydrogen) atoms. The maximum Gasteiger partial charge on any atom is 0.127 e. The Kier molecular flexibility index (Phi) is 5.07. The van der Waals surface area contributed by atoms with E-state index >= 15 is 0 Å². The molecular weight excluding hydrogens is 310 g/mol. The number of thiazole rings is 1. The summed E-state index contributed by atoms with van der Waals surface area (Å²) in [7, 11) is 0. The smallest absolute Gasteiger partial charge is 0.127 e. The van der Waals surface area contributed by atoms with Crippen molar-refractivity contribution >= 4 is 45.1 Å². The average molecular weight is 326 g/mol. The van der Waals surface area contributed by atoms with Crippen LogP contribution in [0.4, 0.5) is 5.00 Å². The van der Waals surface area contributed by atoms with E-state index in [9.17, 15) is 0 Å². The van der Waals surface area contributed by atoms with Crippen LogP contribution in [-0.2, 0) is 0 Å². The van der Waals surface area contributed by atoms with Gasteiger partial charge < -0.3 is 5.32 Å². The number of hydrogen-bond donors (Lipinski definition) is 1. The van der Waals surface area contributed by atoms with E-state index in [1.54, 1.807) is 23.7 Å². The molecule has 0 radical (unpaired) electrons. The molecule has 0 bridgehead atoms. The summed E-state index contributed by atoms with van der Waals surface area (Å²) in [5, 5.41) is 5.80. The van der Waals surface area contributed by atoms with Crippen LogP contribution < -0.4 is 5.32 Å². The Morgan fingerprint density at radius 1 is 1.50 bits per heavy atom. The highest BCUT2D eigenvalue weighted by Crippen LogP contribution is 2.32. The lowest BCUT2D eigenvalue weighted by Crippen LogP contribution is -2.17. The zero-order chi connectivity index (χ0) is 14.7. The molecule has 2 aromatic rings. The first-order valence-electron chi connectivity index (χ1n) is 6.40. The second kappa shape index (κ2) is 6.61. The Morgan fingerprint density at radius 3 is 2.90 bits per heavy atom. The third-order valence-electron chi connectivity index (χ3n) is 3.05. The first-order chi connectivity index (χ1) is 9.51. The highest BCUT2D eigenvalue weighted by Gasteiger charge is 2.13. The van der Waals surface area contributed by atoms with Crippen LogP contribution in [0.25, 0.3) is 10.6 Å². The Balaban J connectivity index is 2.24. The van der Waals surface area contributed by atoms with Crippen LogP contribution >= 0.6 is 35.2 Å². The van der Waals surface area contributed by atoms with Crippen LogP contribution in [0.1, 0.15) is 26.0 Å². The van der Waals surface area contributed by atoms with Gasteiger partial charge in [-0.1, -0.05) is 49.0 Å². The number of nitrogens with one attached hydrogen (secondary N) is 1. The molecule has 0 aliphatic heterocycles. The summed E-state index contributed by atoms with van der Waals surface area (Å²) in [6, 6.07) is 1.86. The Morgan fingerprint density at radius 2 is 2.25 bits per heavy atom. The van der Waals surface area contributed by atoms with Gasteiger partial charge in [0.2, 0.25) is 0 Å². The van der Waals surface area contributed by atoms with Gasteiger partial charge in [-0.25, -0.2) is 4.98 Å². The minimum Gasteiger partial charge on any atom is -0.340 e. The largest absolute Gasteiger partial charge is 0.340 e. The molecule has 2 heterocycles. The normalized spacial score (nSPS) is 12.2. The average Bonchev–Trinajstić information content (AvgIpc) is 2.79. The first kappa shape index (κ1) is 15.4. The summed E-state index contributed by atoms with van der Waals surface area (Å²) < 4.78 is 0. The molecule has 0 saturated carbocycles. The van der Waals surface area contributed by atoms with E-state index in [-0.39, 0.29) is 0 Å². The molecule has 2 rings (SSSR count). The maximum absolute atomic E-state index is 5.96. The van der Waals surface area contributed by atoms with Gasteiger partial charge in [0.25, 0.3) is 0 Å². The molecule has 1 N–H and O–H groups in total. The molecule has 0 spiro atoms. The van der Waals surface area contributed by atoms with Gasteiger partial charge in [-0.3, -0.25) is 4.98 Å². The third kappa shape index (κ3) is 3.53. The lowest BCUT2D eigenvalue weighted by atomic mass is 10.1. The van der Waals surface area contributed by atoms with E-state index in [2.05, 4.69) is 29.1 Å². The lowest BCUT2D eigenvalue weighted by molar-refractivity contribution is 0.748. The van der Waals surface area contributed by atoms with Crippen molar-refractivity contribution in [1.29, 1.82) is 0 Å². The second-order valence-corrected chi connectivity index (χ2v) is 6.50. The molecule has 0 saturated heterocycles. The van der Waals surface area contributed by atoms with Crippen molar-refractivity contribution in [2.45, 2.75) is 27.2 Å². The Hall–Kier alpha value is -1.04. The number of aryl methyl sites for hydroxylation is 1. The zero-order valence-electron chi connectivity index (χ0n) is 11.6. The van der Waals surface area contributed by atoms with Crippen LogP contribution in [0, 0.1) is 12.8 Å². The summed E-state index contributed by atoms with van der Waals surface area (Å²) >= 11 is 12.9. The van der Waals surface area contributed by atoms with Gasteiger partial charge in [0.05, 0.1) is 15.7 Å². The Labute approximate surface area is 133 Å². The van der Waals surface area contributed by atoms with E-state index in [1.165, 1.54) is 0 Å². The predicted octanol–water partition coefficient (Wildman–Crippen LogP) is 4.95. The molecule has 0 aliphatic carbocycles. The quantitative estimate of drug-likeness (QED) is 0.807. The van der Waals surface area contributed by atoms with E-state index in [0.717, 1.165) is 32.7 Å². The predicted molar refractivity (Wildman–Crippen MR) is 90.8 cm³/mol. The number of nitrogens with zero attached hydrogens (tertiary/aromatic N) is 2. The number of rotatable bonds is 4. The van der Waals surface area contributed by atoms with Gasteiger partial charge in [0, 0.05) is 23.9 Å². The molecule has 0 aromatic carbocycles. The standard InChI is InChI=1S/C14H16ClN3S2/c1-4-8(2)12(19)18-13-9(3)17-14(20-13)10-5-11(15)7-16-6-10/h5-8H,4H2,1-3H3,(H,18,19). The number of hydrogen-bond acceptors (Lipinski definition) is 4. The maximum atomic E-state index is 5.96. The SMILES string of the molecule is CCC(C)C(=S)Nc1sc(-c2cncc(Cl)c2)nc1C. The van der Waals surface area contributed by atoms with Gasteiger partial charge in [-0.2, -0.15) is 0 Å².